The molecule has 4 heteroatoms. The molecule has 1 heterocycles. The zero-order valence-electron chi connectivity index (χ0n) is 8.64. The number of carbonyl (C=O) groups excluding carboxylic acids is 1. The molecule has 1 aliphatic heterocycles. The fraction of sp³-hybridized carbons (Fsp3) is 0.182. The van der Waals surface area contributed by atoms with E-state index < -0.39 is 0 Å². The number of amides is 1. The molecule has 1 aromatic rings. The van der Waals surface area contributed by atoms with E-state index in [-0.39, 0.29) is 5.91 Å². The monoisotopic (exact) mass is 201 g/mol. The predicted molar refractivity (Wildman–Crippen MR) is 59.4 cm³/mol. The Hall–Kier alpha value is -1.97. The summed E-state index contributed by atoms with van der Waals surface area (Å²) >= 11 is 0. The highest BCUT2D eigenvalue weighted by atomic mass is 16.2. The summed E-state index contributed by atoms with van der Waals surface area (Å²) in [7, 11) is 1.62. The molecule has 76 valence electrons. The average molecular weight is 201 g/mol. The van der Waals surface area contributed by atoms with Crippen molar-refractivity contribution >= 4 is 23.0 Å². The Bertz CT molecular complexity index is 448. The van der Waals surface area contributed by atoms with Crippen LogP contribution in [0.4, 0.5) is 5.69 Å². The van der Waals surface area contributed by atoms with Crippen LogP contribution in [0.25, 0.3) is 0 Å². The summed E-state index contributed by atoms with van der Waals surface area (Å²) in [4.78, 5) is 15.9. The Morgan fingerprint density at radius 3 is 2.47 bits per heavy atom. The third-order valence-electron chi connectivity index (χ3n) is 2.14. The number of benzene rings is 1. The van der Waals surface area contributed by atoms with Crippen molar-refractivity contribution in [2.75, 3.05) is 7.05 Å². The van der Waals surface area contributed by atoms with E-state index in [1.807, 2.05) is 30.3 Å². The van der Waals surface area contributed by atoms with Crippen molar-refractivity contribution in [3.63, 3.8) is 0 Å². The largest absolute Gasteiger partial charge is 0.294 e. The summed E-state index contributed by atoms with van der Waals surface area (Å²) in [5.74, 6) is -0.156. The maximum Gasteiger partial charge on any atom is 0.294 e. The second-order valence-electron chi connectivity index (χ2n) is 3.31. The van der Waals surface area contributed by atoms with Crippen molar-refractivity contribution in [2.24, 2.45) is 10.1 Å². The minimum atomic E-state index is -0.156. The van der Waals surface area contributed by atoms with Crippen LogP contribution in [0.3, 0.4) is 0 Å². The van der Waals surface area contributed by atoms with E-state index in [0.717, 1.165) is 5.69 Å². The summed E-state index contributed by atoms with van der Waals surface area (Å²) in [6, 6.07) is 9.38. The highest BCUT2D eigenvalue weighted by molar-refractivity contribution is 6.68. The van der Waals surface area contributed by atoms with Gasteiger partial charge in [0.1, 0.15) is 0 Å². The molecule has 1 aliphatic rings. The van der Waals surface area contributed by atoms with E-state index in [0.29, 0.717) is 11.4 Å². The van der Waals surface area contributed by atoms with Crippen LogP contribution in [0.1, 0.15) is 6.92 Å². The van der Waals surface area contributed by atoms with Crippen molar-refractivity contribution in [2.45, 2.75) is 6.92 Å². The summed E-state index contributed by atoms with van der Waals surface area (Å²) in [6.45, 7) is 1.78. The molecular formula is C11H11N3O. The highest BCUT2D eigenvalue weighted by Gasteiger charge is 2.25. The number of nitrogens with zero attached hydrogens (tertiary/aromatic N) is 3. The quantitative estimate of drug-likeness (QED) is 0.680. The summed E-state index contributed by atoms with van der Waals surface area (Å²) in [5.41, 5.74) is 1.85. The second kappa shape index (κ2) is 3.65. The van der Waals surface area contributed by atoms with Gasteiger partial charge in [-0.1, -0.05) is 18.2 Å². The standard InChI is InChI=1S/C11H11N3O/c1-8-10(11(15)14(2)13-8)12-9-6-4-3-5-7-9/h3-7H,1-2H3. The molecular weight excluding hydrogens is 190 g/mol. The maximum absolute atomic E-state index is 11.6. The zero-order chi connectivity index (χ0) is 10.8. The lowest BCUT2D eigenvalue weighted by Gasteiger charge is -2.00. The molecule has 0 atom stereocenters. The SMILES string of the molecule is CC1=NN(C)C(=O)C1=Nc1ccccc1. The van der Waals surface area contributed by atoms with E-state index >= 15 is 0 Å². The molecule has 0 aromatic heterocycles. The van der Waals surface area contributed by atoms with E-state index in [1.165, 1.54) is 5.01 Å². The molecule has 0 saturated carbocycles. The van der Waals surface area contributed by atoms with Crippen LogP contribution in [0.2, 0.25) is 0 Å². The number of rotatable bonds is 1. The van der Waals surface area contributed by atoms with E-state index in [1.54, 1.807) is 14.0 Å². The number of aliphatic imine (C=N–C) groups is 1. The van der Waals surface area contributed by atoms with Gasteiger partial charge in [0.05, 0.1) is 11.4 Å². The van der Waals surface area contributed by atoms with Crippen molar-refractivity contribution < 1.29 is 4.79 Å². The van der Waals surface area contributed by atoms with Crippen LogP contribution in [-0.2, 0) is 4.79 Å². The molecule has 0 fully saturated rings. The number of hydrogen-bond acceptors (Lipinski definition) is 3. The Labute approximate surface area is 87.9 Å². The van der Waals surface area contributed by atoms with Gasteiger partial charge in [0.15, 0.2) is 5.71 Å². The fourth-order valence-electron chi connectivity index (χ4n) is 1.39. The van der Waals surface area contributed by atoms with Crippen LogP contribution in [0, 0.1) is 0 Å². The summed E-state index contributed by atoms with van der Waals surface area (Å²) < 4.78 is 0. The third-order valence-corrected chi connectivity index (χ3v) is 2.14. The molecule has 15 heavy (non-hydrogen) atoms. The molecule has 1 amide bonds. The lowest BCUT2D eigenvalue weighted by atomic mass is 10.2. The average Bonchev–Trinajstić information content (AvgIpc) is 2.47. The molecule has 0 saturated heterocycles. The van der Waals surface area contributed by atoms with Crippen molar-refractivity contribution in [1.82, 2.24) is 5.01 Å². The smallest absolute Gasteiger partial charge is 0.265 e. The van der Waals surface area contributed by atoms with Crippen LogP contribution >= 0.6 is 0 Å². The topological polar surface area (TPSA) is 45.0 Å². The van der Waals surface area contributed by atoms with Gasteiger partial charge in [-0.25, -0.2) is 10.0 Å². The van der Waals surface area contributed by atoms with Crippen LogP contribution in [0.15, 0.2) is 40.4 Å². The number of hydrogen-bond donors (Lipinski definition) is 0. The molecule has 0 bridgehead atoms. The molecule has 2 rings (SSSR count). The minimum Gasteiger partial charge on any atom is -0.265 e. The van der Waals surface area contributed by atoms with Crippen molar-refractivity contribution in [3.8, 4) is 0 Å². The van der Waals surface area contributed by atoms with Gasteiger partial charge >= 0.3 is 0 Å². The molecule has 0 unspecified atom stereocenters. The Morgan fingerprint density at radius 1 is 1.27 bits per heavy atom. The minimum absolute atomic E-state index is 0.156. The second-order valence-corrected chi connectivity index (χ2v) is 3.31. The Morgan fingerprint density at radius 2 is 1.93 bits per heavy atom. The third kappa shape index (κ3) is 1.79. The molecule has 0 aliphatic carbocycles. The Kier molecular flexibility index (Phi) is 2.33. The molecule has 0 N–H and O–H groups in total. The first-order valence-electron chi connectivity index (χ1n) is 4.66. The van der Waals surface area contributed by atoms with Crippen molar-refractivity contribution in [3.05, 3.63) is 30.3 Å². The van der Waals surface area contributed by atoms with Crippen LogP contribution in [-0.4, -0.2) is 29.4 Å². The fourth-order valence-corrected chi connectivity index (χ4v) is 1.39. The van der Waals surface area contributed by atoms with E-state index in [4.69, 9.17) is 0 Å². The first-order valence-corrected chi connectivity index (χ1v) is 4.66. The predicted octanol–water partition coefficient (Wildman–Crippen LogP) is 1.61. The lowest BCUT2D eigenvalue weighted by Crippen LogP contribution is -2.23. The van der Waals surface area contributed by atoms with Crippen LogP contribution < -0.4 is 0 Å². The highest BCUT2D eigenvalue weighted by Crippen LogP contribution is 2.13. The van der Waals surface area contributed by atoms with Gasteiger partial charge in [-0.05, 0) is 19.1 Å². The number of carbonyl (C=O) groups is 1. The van der Waals surface area contributed by atoms with E-state index in [2.05, 4.69) is 10.1 Å². The molecule has 0 spiro atoms. The lowest BCUT2D eigenvalue weighted by molar-refractivity contribution is -0.122. The maximum atomic E-state index is 11.6. The van der Waals surface area contributed by atoms with Gasteiger partial charge in [0.2, 0.25) is 0 Å². The molecule has 1 aromatic carbocycles. The van der Waals surface area contributed by atoms with Gasteiger partial charge in [-0.15, -0.1) is 0 Å². The van der Waals surface area contributed by atoms with E-state index in [9.17, 15) is 4.79 Å². The van der Waals surface area contributed by atoms with Gasteiger partial charge < -0.3 is 0 Å². The number of para-hydroxylation sites is 1. The summed E-state index contributed by atoms with van der Waals surface area (Å²) in [5, 5.41) is 5.32. The van der Waals surface area contributed by atoms with Gasteiger partial charge in [-0.2, -0.15) is 5.10 Å². The van der Waals surface area contributed by atoms with Gasteiger partial charge in [0.25, 0.3) is 5.91 Å². The Balaban J connectivity index is 2.37. The first-order chi connectivity index (χ1) is 7.18. The van der Waals surface area contributed by atoms with Gasteiger partial charge in [0, 0.05) is 7.05 Å². The van der Waals surface area contributed by atoms with Crippen molar-refractivity contribution in [1.29, 1.82) is 0 Å². The summed E-state index contributed by atoms with van der Waals surface area (Å²) in [6.07, 6.45) is 0. The molecule has 0 radical (unpaired) electrons. The normalized spacial score (nSPS) is 18.5. The van der Waals surface area contributed by atoms with Gasteiger partial charge in [-0.3, -0.25) is 4.79 Å². The zero-order valence-corrected chi connectivity index (χ0v) is 8.64. The number of hydrazone groups is 1. The first kappa shape index (κ1) is 9.58. The van der Waals surface area contributed by atoms with Crippen LogP contribution in [0.5, 0.6) is 0 Å². The molecule has 4 nitrogen and oxygen atoms in total.